The lowest BCUT2D eigenvalue weighted by atomic mass is 10.2. The van der Waals surface area contributed by atoms with Crippen molar-refractivity contribution in [3.63, 3.8) is 0 Å². The molecule has 1 aromatic heterocycles. The number of nitrogens with one attached hydrogen (secondary N) is 2. The lowest BCUT2D eigenvalue weighted by Crippen LogP contribution is -2.34. The SMILES string of the molecule is O=C(NC(=S)Nc1ccc2oc(-c3ccc(Cl)cc3Cl)nc2c1)c1ccc2c(c1)OCCO2. The van der Waals surface area contributed by atoms with Crippen LogP contribution in [0, 0.1) is 0 Å². The van der Waals surface area contributed by atoms with Crippen LogP contribution < -0.4 is 20.1 Å². The molecule has 0 fully saturated rings. The molecule has 4 aromatic rings. The molecule has 0 spiro atoms. The number of rotatable bonds is 3. The molecular formula is C23H15Cl2N3O4S. The molecule has 5 rings (SSSR count). The van der Waals surface area contributed by atoms with E-state index in [4.69, 9.17) is 49.3 Å². The van der Waals surface area contributed by atoms with Gasteiger partial charge >= 0.3 is 0 Å². The number of hydrogen-bond donors (Lipinski definition) is 2. The van der Waals surface area contributed by atoms with Crippen molar-refractivity contribution in [2.24, 2.45) is 0 Å². The highest BCUT2D eigenvalue weighted by molar-refractivity contribution is 7.80. The number of carbonyl (C=O) groups excluding carboxylic acids is 1. The molecule has 2 heterocycles. The first-order chi connectivity index (χ1) is 16.0. The fraction of sp³-hybridized carbons (Fsp3) is 0.0870. The molecule has 0 bridgehead atoms. The fourth-order valence-corrected chi connectivity index (χ4v) is 4.01. The fourth-order valence-electron chi connectivity index (χ4n) is 3.31. The molecule has 33 heavy (non-hydrogen) atoms. The number of anilines is 1. The Labute approximate surface area is 203 Å². The van der Waals surface area contributed by atoms with Gasteiger partial charge in [0.2, 0.25) is 5.89 Å². The molecule has 0 saturated carbocycles. The van der Waals surface area contributed by atoms with Crippen LogP contribution in [0.25, 0.3) is 22.6 Å². The summed E-state index contributed by atoms with van der Waals surface area (Å²) in [7, 11) is 0. The third-order valence-electron chi connectivity index (χ3n) is 4.84. The maximum Gasteiger partial charge on any atom is 0.257 e. The number of aromatic nitrogens is 1. The molecule has 1 aliphatic rings. The lowest BCUT2D eigenvalue weighted by Gasteiger charge is -2.18. The monoisotopic (exact) mass is 499 g/mol. The van der Waals surface area contributed by atoms with Crippen LogP contribution in [0.15, 0.2) is 59.0 Å². The van der Waals surface area contributed by atoms with Crippen LogP contribution in [-0.2, 0) is 0 Å². The van der Waals surface area contributed by atoms with E-state index in [0.29, 0.717) is 68.6 Å². The first-order valence-corrected chi connectivity index (χ1v) is 11.0. The highest BCUT2D eigenvalue weighted by Gasteiger charge is 2.16. The second-order valence-corrected chi connectivity index (χ2v) is 8.34. The second kappa shape index (κ2) is 8.90. The predicted molar refractivity (Wildman–Crippen MR) is 131 cm³/mol. The Morgan fingerprint density at radius 3 is 2.61 bits per heavy atom. The van der Waals surface area contributed by atoms with Crippen LogP contribution >= 0.6 is 35.4 Å². The highest BCUT2D eigenvalue weighted by atomic mass is 35.5. The number of halogens is 2. The Hall–Kier alpha value is -3.33. The molecular weight excluding hydrogens is 485 g/mol. The zero-order valence-electron chi connectivity index (χ0n) is 16.9. The van der Waals surface area contributed by atoms with Crippen molar-refractivity contribution >= 4 is 63.2 Å². The van der Waals surface area contributed by atoms with Crippen LogP contribution in [0.4, 0.5) is 5.69 Å². The molecule has 166 valence electrons. The zero-order valence-corrected chi connectivity index (χ0v) is 19.2. The normalized spacial score (nSPS) is 12.4. The van der Waals surface area contributed by atoms with Gasteiger partial charge in [0, 0.05) is 16.3 Å². The molecule has 2 N–H and O–H groups in total. The van der Waals surface area contributed by atoms with Crippen molar-refractivity contribution in [2.45, 2.75) is 0 Å². The number of hydrogen-bond acceptors (Lipinski definition) is 6. The topological polar surface area (TPSA) is 85.6 Å². The van der Waals surface area contributed by atoms with Crippen molar-refractivity contribution < 1.29 is 18.7 Å². The van der Waals surface area contributed by atoms with Crippen molar-refractivity contribution in [3.05, 3.63) is 70.2 Å². The quantitative estimate of drug-likeness (QED) is 0.349. The molecule has 0 saturated heterocycles. The summed E-state index contributed by atoms with van der Waals surface area (Å²) in [6.07, 6.45) is 0. The summed E-state index contributed by atoms with van der Waals surface area (Å²) in [5.41, 5.74) is 2.85. The van der Waals surface area contributed by atoms with Gasteiger partial charge in [-0.05, 0) is 66.8 Å². The zero-order chi connectivity index (χ0) is 22.9. The van der Waals surface area contributed by atoms with Crippen molar-refractivity contribution in [2.75, 3.05) is 18.5 Å². The van der Waals surface area contributed by atoms with E-state index in [1.54, 1.807) is 54.6 Å². The molecule has 0 aliphatic carbocycles. The highest BCUT2D eigenvalue weighted by Crippen LogP contribution is 2.33. The predicted octanol–water partition coefficient (Wildman–Crippen LogP) is 5.70. The Bertz CT molecular complexity index is 1410. The van der Waals surface area contributed by atoms with Crippen molar-refractivity contribution in [1.29, 1.82) is 0 Å². The van der Waals surface area contributed by atoms with E-state index >= 15 is 0 Å². The van der Waals surface area contributed by atoms with Gasteiger partial charge < -0.3 is 19.2 Å². The van der Waals surface area contributed by atoms with Gasteiger partial charge in [-0.3, -0.25) is 10.1 Å². The third-order valence-corrected chi connectivity index (χ3v) is 5.59. The van der Waals surface area contributed by atoms with Crippen LogP contribution in [-0.4, -0.2) is 29.2 Å². The number of carbonyl (C=O) groups is 1. The van der Waals surface area contributed by atoms with Crippen LogP contribution in [0.1, 0.15) is 10.4 Å². The third kappa shape index (κ3) is 4.59. The Morgan fingerprint density at radius 2 is 1.79 bits per heavy atom. The Balaban J connectivity index is 1.29. The van der Waals surface area contributed by atoms with Gasteiger partial charge in [-0.1, -0.05) is 23.2 Å². The van der Waals surface area contributed by atoms with Gasteiger partial charge in [-0.2, -0.15) is 0 Å². The van der Waals surface area contributed by atoms with Crippen LogP contribution in [0.2, 0.25) is 10.0 Å². The average Bonchev–Trinajstić information content (AvgIpc) is 3.21. The lowest BCUT2D eigenvalue weighted by molar-refractivity contribution is 0.0976. The standard InChI is InChI=1S/C23H15Cl2N3O4S/c24-13-2-4-15(16(25)10-13)22-27-17-11-14(3-6-18(17)32-22)26-23(33)28-21(29)12-1-5-19-20(9-12)31-8-7-30-19/h1-6,9-11H,7-8H2,(H2,26,28,29,33). The molecule has 7 nitrogen and oxygen atoms in total. The number of ether oxygens (including phenoxy) is 2. The minimum absolute atomic E-state index is 0.138. The maximum atomic E-state index is 12.6. The second-order valence-electron chi connectivity index (χ2n) is 7.09. The average molecular weight is 500 g/mol. The van der Waals surface area contributed by atoms with Crippen LogP contribution in [0.5, 0.6) is 11.5 Å². The summed E-state index contributed by atoms with van der Waals surface area (Å²) >= 11 is 17.5. The largest absolute Gasteiger partial charge is 0.486 e. The Morgan fingerprint density at radius 1 is 0.970 bits per heavy atom. The summed E-state index contributed by atoms with van der Waals surface area (Å²) in [5.74, 6) is 1.14. The van der Waals surface area contributed by atoms with E-state index in [9.17, 15) is 4.79 Å². The molecule has 3 aromatic carbocycles. The van der Waals surface area contributed by atoms with Crippen molar-refractivity contribution in [1.82, 2.24) is 10.3 Å². The first-order valence-electron chi connectivity index (χ1n) is 9.84. The van der Waals surface area contributed by atoms with Gasteiger partial charge in [-0.25, -0.2) is 4.98 Å². The summed E-state index contributed by atoms with van der Waals surface area (Å²) in [5, 5.41) is 6.74. The summed E-state index contributed by atoms with van der Waals surface area (Å²) in [6, 6.07) is 15.3. The van der Waals surface area contributed by atoms with E-state index < -0.39 is 0 Å². The van der Waals surface area contributed by atoms with Gasteiger partial charge in [-0.15, -0.1) is 0 Å². The van der Waals surface area contributed by atoms with Crippen LogP contribution in [0.3, 0.4) is 0 Å². The van der Waals surface area contributed by atoms with Gasteiger partial charge in [0.25, 0.3) is 5.91 Å². The number of nitrogens with zero attached hydrogens (tertiary/aromatic N) is 1. The Kier molecular flexibility index (Phi) is 5.80. The molecule has 0 unspecified atom stereocenters. The van der Waals surface area contributed by atoms with Crippen molar-refractivity contribution in [3.8, 4) is 23.0 Å². The molecule has 1 amide bonds. The molecule has 10 heteroatoms. The number of oxazole rings is 1. The summed E-state index contributed by atoms with van der Waals surface area (Å²) in [4.78, 5) is 17.1. The van der Waals surface area contributed by atoms with Gasteiger partial charge in [0.05, 0.1) is 10.6 Å². The van der Waals surface area contributed by atoms with E-state index in [2.05, 4.69) is 15.6 Å². The smallest absolute Gasteiger partial charge is 0.257 e. The molecule has 1 aliphatic heterocycles. The number of thiocarbonyl (C=S) groups is 1. The van der Waals surface area contributed by atoms with Gasteiger partial charge in [0.1, 0.15) is 18.7 Å². The summed E-state index contributed by atoms with van der Waals surface area (Å²) < 4.78 is 16.8. The number of amides is 1. The summed E-state index contributed by atoms with van der Waals surface area (Å²) in [6.45, 7) is 0.922. The van der Waals surface area contributed by atoms with E-state index in [1.165, 1.54) is 0 Å². The first kappa shape index (κ1) is 21.5. The number of benzene rings is 3. The number of fused-ring (bicyclic) bond motifs is 2. The molecule has 0 atom stereocenters. The van der Waals surface area contributed by atoms with E-state index in [0.717, 1.165) is 0 Å². The maximum absolute atomic E-state index is 12.6. The minimum Gasteiger partial charge on any atom is -0.486 e. The van der Waals surface area contributed by atoms with E-state index in [-0.39, 0.29) is 11.0 Å². The minimum atomic E-state index is -0.369. The van der Waals surface area contributed by atoms with Gasteiger partial charge in [0.15, 0.2) is 22.2 Å². The van der Waals surface area contributed by atoms with E-state index in [1.807, 2.05) is 0 Å². The molecule has 0 radical (unpaired) electrons.